The lowest BCUT2D eigenvalue weighted by Gasteiger charge is -2.35. The molecule has 0 unspecified atom stereocenters. The van der Waals surface area contributed by atoms with Gasteiger partial charge in [0.05, 0.1) is 26.0 Å². The van der Waals surface area contributed by atoms with Crippen LogP contribution >= 0.6 is 0 Å². The number of hydrogen-bond acceptors (Lipinski definition) is 8. The lowest BCUT2D eigenvalue weighted by molar-refractivity contribution is -0.197. The van der Waals surface area contributed by atoms with Gasteiger partial charge in [-0.3, -0.25) is 14.9 Å². The van der Waals surface area contributed by atoms with E-state index in [2.05, 4.69) is 48.9 Å². The van der Waals surface area contributed by atoms with E-state index in [1.807, 2.05) is 36.4 Å². The minimum Gasteiger partial charge on any atom is -0.497 e. The Hall–Kier alpha value is -3.28. The second kappa shape index (κ2) is 11.0. The number of aliphatic hydroxyl groups is 3. The topological polar surface area (TPSA) is 138 Å². The number of nitrogens with zero attached hydrogens (tertiary/aromatic N) is 2. The number of rotatable bonds is 7. The van der Waals surface area contributed by atoms with Crippen LogP contribution in [0.4, 0.5) is 0 Å². The van der Waals surface area contributed by atoms with E-state index in [1.54, 1.807) is 17.9 Å². The van der Waals surface area contributed by atoms with Gasteiger partial charge in [-0.25, -0.2) is 5.43 Å². The molecule has 3 aromatic rings. The summed E-state index contributed by atoms with van der Waals surface area (Å²) < 4.78 is 12.1. The van der Waals surface area contributed by atoms with Crippen LogP contribution in [0.25, 0.3) is 11.3 Å². The van der Waals surface area contributed by atoms with Crippen molar-refractivity contribution in [2.45, 2.75) is 57.3 Å². The smallest absolute Gasteiger partial charge is 0.283 e. The summed E-state index contributed by atoms with van der Waals surface area (Å²) in [5.74, 6) is 0.206. The highest BCUT2D eigenvalue weighted by molar-refractivity contribution is 5.93. The van der Waals surface area contributed by atoms with Gasteiger partial charge in [-0.1, -0.05) is 45.0 Å². The first-order valence-electron chi connectivity index (χ1n) is 12.1. The predicted molar refractivity (Wildman–Crippen MR) is 137 cm³/mol. The zero-order valence-corrected chi connectivity index (χ0v) is 21.4. The van der Waals surface area contributed by atoms with Crippen LogP contribution < -0.4 is 15.6 Å². The van der Waals surface area contributed by atoms with Crippen LogP contribution in [0.2, 0.25) is 0 Å². The zero-order valence-electron chi connectivity index (χ0n) is 21.4. The highest BCUT2D eigenvalue weighted by Gasteiger charge is 2.37. The molecule has 0 saturated carbocycles. The van der Waals surface area contributed by atoms with Crippen molar-refractivity contribution >= 4 is 5.91 Å². The van der Waals surface area contributed by atoms with Gasteiger partial charge in [0.25, 0.3) is 5.91 Å². The largest absolute Gasteiger partial charge is 0.497 e. The highest BCUT2D eigenvalue weighted by atomic mass is 16.5. The highest BCUT2D eigenvalue weighted by Crippen LogP contribution is 2.25. The lowest BCUT2D eigenvalue weighted by Crippen LogP contribution is -2.61. The Morgan fingerprint density at radius 1 is 1.08 bits per heavy atom. The number of aliphatic hydroxyl groups excluding tert-OH is 3. The molecule has 1 aliphatic rings. The second-order valence-electron chi connectivity index (χ2n) is 10.1. The number of amides is 1. The molecule has 10 heteroatoms. The van der Waals surface area contributed by atoms with E-state index in [9.17, 15) is 20.1 Å². The Morgan fingerprint density at radius 3 is 2.38 bits per heavy atom. The number of hydrogen-bond donors (Lipinski definition) is 5. The monoisotopic (exact) mass is 510 g/mol. The van der Waals surface area contributed by atoms with Gasteiger partial charge in [-0.05, 0) is 46.9 Å². The van der Waals surface area contributed by atoms with Crippen molar-refractivity contribution in [2.75, 3.05) is 13.7 Å². The molecule has 2 heterocycles. The first-order chi connectivity index (χ1) is 17.6. The molecule has 1 amide bonds. The number of ether oxygens (including phenoxy) is 2. The second-order valence-corrected chi connectivity index (χ2v) is 10.1. The molecule has 4 atom stereocenters. The summed E-state index contributed by atoms with van der Waals surface area (Å²) >= 11 is 0. The molecule has 4 rings (SSSR count). The number of aromatic nitrogens is 2. The minimum absolute atomic E-state index is 0.0257. The van der Waals surface area contributed by atoms with Crippen molar-refractivity contribution in [3.63, 3.8) is 0 Å². The lowest BCUT2D eigenvalue weighted by atomic mass is 9.87. The fourth-order valence-corrected chi connectivity index (χ4v) is 4.04. The van der Waals surface area contributed by atoms with E-state index < -0.39 is 30.4 Å². The number of benzene rings is 2. The van der Waals surface area contributed by atoms with E-state index in [0.29, 0.717) is 18.0 Å². The number of carbonyl (C=O) groups is 1. The SMILES string of the molecule is COc1ccc(-c2cc(C(=O)NN[C@@H]3OC[C@@H](O)[C@H](O)[C@H]3O)n(Cc3ccc(C(C)(C)C)cc3)n2)cc1. The van der Waals surface area contributed by atoms with Crippen molar-refractivity contribution in [1.29, 1.82) is 0 Å². The molecule has 1 fully saturated rings. The zero-order chi connectivity index (χ0) is 26.7. The summed E-state index contributed by atoms with van der Waals surface area (Å²) in [6.07, 6.45) is -5.12. The van der Waals surface area contributed by atoms with Crippen molar-refractivity contribution in [3.05, 3.63) is 71.4 Å². The van der Waals surface area contributed by atoms with Crippen LogP contribution in [0.5, 0.6) is 5.75 Å². The molecule has 0 aliphatic carbocycles. The summed E-state index contributed by atoms with van der Waals surface area (Å²) in [7, 11) is 1.59. The fraction of sp³-hybridized carbons (Fsp3) is 0.407. The third-order valence-corrected chi connectivity index (χ3v) is 6.38. The average molecular weight is 511 g/mol. The number of nitrogens with one attached hydrogen (secondary N) is 2. The first kappa shape index (κ1) is 26.8. The Labute approximate surface area is 215 Å². The maximum absolute atomic E-state index is 13.2. The van der Waals surface area contributed by atoms with Gasteiger partial charge in [0.1, 0.15) is 29.8 Å². The van der Waals surface area contributed by atoms with Crippen LogP contribution in [0.3, 0.4) is 0 Å². The molecule has 1 saturated heterocycles. The van der Waals surface area contributed by atoms with Crippen LogP contribution in [0, 0.1) is 0 Å². The minimum atomic E-state index is -1.43. The van der Waals surface area contributed by atoms with Crippen molar-refractivity contribution in [1.82, 2.24) is 20.6 Å². The Kier molecular flexibility index (Phi) is 7.96. The van der Waals surface area contributed by atoms with Crippen molar-refractivity contribution in [3.8, 4) is 17.0 Å². The molecule has 0 spiro atoms. The molecule has 2 aromatic carbocycles. The maximum atomic E-state index is 13.2. The Bertz CT molecular complexity index is 1200. The van der Waals surface area contributed by atoms with Gasteiger partial charge in [-0.15, -0.1) is 0 Å². The molecule has 10 nitrogen and oxygen atoms in total. The van der Waals surface area contributed by atoms with Gasteiger partial charge >= 0.3 is 0 Å². The number of methoxy groups -OCH3 is 1. The molecule has 1 aliphatic heterocycles. The molecular formula is C27H34N4O6. The fourth-order valence-electron chi connectivity index (χ4n) is 4.04. The van der Waals surface area contributed by atoms with Gasteiger partial charge in [0, 0.05) is 5.56 Å². The van der Waals surface area contributed by atoms with Crippen molar-refractivity contribution in [2.24, 2.45) is 0 Å². The summed E-state index contributed by atoms with van der Waals surface area (Å²) in [4.78, 5) is 13.2. The van der Waals surface area contributed by atoms with Crippen molar-refractivity contribution < 1.29 is 29.6 Å². The quantitative estimate of drug-likeness (QED) is 0.302. The normalized spacial score (nSPS) is 22.0. The standard InChI is InChI=1S/C27H34N4O6/c1-27(2,3)18-9-5-16(6-10-18)14-31-21(13-20(30-31)17-7-11-19(36-4)12-8-17)25(35)28-29-26-24(34)23(33)22(32)15-37-26/h5-13,22-24,26,29,32-34H,14-15H2,1-4H3,(H,28,35)/t22-,23+,24-,26-/m1/s1. The van der Waals surface area contributed by atoms with E-state index >= 15 is 0 Å². The third kappa shape index (κ3) is 6.17. The van der Waals surface area contributed by atoms with E-state index in [4.69, 9.17) is 9.47 Å². The molecular weight excluding hydrogens is 476 g/mol. The summed E-state index contributed by atoms with van der Waals surface area (Å²) in [5, 5.41) is 34.3. The third-order valence-electron chi connectivity index (χ3n) is 6.38. The van der Waals surface area contributed by atoms with E-state index in [1.165, 1.54) is 5.56 Å². The molecule has 198 valence electrons. The average Bonchev–Trinajstić information content (AvgIpc) is 3.30. The van der Waals surface area contributed by atoms with Gasteiger partial charge in [-0.2, -0.15) is 5.10 Å². The van der Waals surface area contributed by atoms with E-state index in [-0.39, 0.29) is 17.7 Å². The summed E-state index contributed by atoms with van der Waals surface area (Å²) in [6.45, 7) is 6.63. The molecule has 0 bridgehead atoms. The maximum Gasteiger partial charge on any atom is 0.283 e. The Morgan fingerprint density at radius 2 is 1.76 bits per heavy atom. The molecule has 5 N–H and O–H groups in total. The van der Waals surface area contributed by atoms with Gasteiger partial charge < -0.3 is 24.8 Å². The Balaban J connectivity index is 1.57. The van der Waals surface area contributed by atoms with Crippen LogP contribution in [-0.4, -0.2) is 69.3 Å². The molecule has 0 radical (unpaired) electrons. The number of carbonyl (C=O) groups excluding carboxylic acids is 1. The summed E-state index contributed by atoms with van der Waals surface area (Å²) in [5.41, 5.74) is 9.03. The van der Waals surface area contributed by atoms with Crippen LogP contribution in [0.15, 0.2) is 54.6 Å². The summed E-state index contributed by atoms with van der Waals surface area (Å²) in [6, 6.07) is 17.2. The van der Waals surface area contributed by atoms with Crippen LogP contribution in [0.1, 0.15) is 42.4 Å². The predicted octanol–water partition coefficient (Wildman–Crippen LogP) is 1.58. The van der Waals surface area contributed by atoms with E-state index in [0.717, 1.165) is 11.1 Å². The molecule has 37 heavy (non-hydrogen) atoms. The van der Waals surface area contributed by atoms with Crippen LogP contribution in [-0.2, 0) is 16.7 Å². The van der Waals surface area contributed by atoms with Gasteiger partial charge in [0.15, 0.2) is 6.23 Å². The number of hydrazine groups is 1. The molecule has 1 aromatic heterocycles. The first-order valence-corrected chi connectivity index (χ1v) is 12.1. The van der Waals surface area contributed by atoms with Gasteiger partial charge in [0.2, 0.25) is 0 Å².